The summed E-state index contributed by atoms with van der Waals surface area (Å²) in [5, 5.41) is 3.26. The van der Waals surface area contributed by atoms with Crippen molar-refractivity contribution in [3.8, 4) is 39.6 Å². The van der Waals surface area contributed by atoms with E-state index in [1.54, 1.807) is 0 Å². The Hall–Kier alpha value is -5.68. The summed E-state index contributed by atoms with van der Waals surface area (Å²) in [5.41, 5.74) is 9.12. The zero-order chi connectivity index (χ0) is 27.2. The maximum absolute atomic E-state index is 5.17. The monoisotopic (exact) mass is 525 g/mol. The molecule has 0 radical (unpaired) electrons. The van der Waals surface area contributed by atoms with Crippen molar-refractivity contribution in [1.82, 2.24) is 24.5 Å². The lowest BCUT2D eigenvalue weighted by atomic mass is 10.0. The Bertz CT molecular complexity index is 2200. The van der Waals surface area contributed by atoms with Crippen LogP contribution in [-0.4, -0.2) is 24.5 Å². The Kier molecular flexibility index (Phi) is 5.38. The summed E-state index contributed by atoms with van der Waals surface area (Å²) >= 11 is 0. The number of nitrogens with zero attached hydrogens (tertiary/aromatic N) is 5. The smallest absolute Gasteiger partial charge is 0.160 e. The zero-order valence-electron chi connectivity index (χ0n) is 22.0. The quantitative estimate of drug-likeness (QED) is 0.231. The second-order valence-corrected chi connectivity index (χ2v) is 10.0. The largest absolute Gasteiger partial charge is 0.309 e. The topological polar surface area (TPSA) is 56.5 Å². The number of hydrogen-bond acceptors (Lipinski definition) is 4. The van der Waals surface area contributed by atoms with Crippen LogP contribution in [0.5, 0.6) is 0 Å². The number of fused-ring (bicyclic) bond motifs is 4. The fourth-order valence-electron chi connectivity index (χ4n) is 5.65. The summed E-state index contributed by atoms with van der Waals surface area (Å²) in [6.45, 7) is 0. The first-order valence-corrected chi connectivity index (χ1v) is 13.6. The maximum atomic E-state index is 5.17. The van der Waals surface area contributed by atoms with Crippen LogP contribution in [0.2, 0.25) is 0 Å². The molecule has 0 amide bonds. The highest BCUT2D eigenvalue weighted by Gasteiger charge is 2.16. The third-order valence-corrected chi connectivity index (χ3v) is 7.54. The molecule has 4 heterocycles. The molecule has 0 aliphatic rings. The van der Waals surface area contributed by atoms with Gasteiger partial charge < -0.3 is 4.57 Å². The Morgan fingerprint density at radius 1 is 0.512 bits per heavy atom. The average molecular weight is 526 g/mol. The van der Waals surface area contributed by atoms with E-state index in [2.05, 4.69) is 93.4 Å². The van der Waals surface area contributed by atoms with Gasteiger partial charge in [0.05, 0.1) is 27.9 Å². The van der Waals surface area contributed by atoms with Gasteiger partial charge in [-0.3, -0.25) is 9.97 Å². The SMILES string of the molecule is c1ccc(-n2c3ccncc3c3cc(-c4nc(-c5cccc(-c6ccccn6)c5)nc5ccccc45)ccc32)cc1. The van der Waals surface area contributed by atoms with Gasteiger partial charge in [-0.1, -0.05) is 66.7 Å². The van der Waals surface area contributed by atoms with E-state index >= 15 is 0 Å². The Labute approximate surface area is 236 Å². The summed E-state index contributed by atoms with van der Waals surface area (Å²) in [6, 6.07) is 41.5. The first kappa shape index (κ1) is 23.2. The summed E-state index contributed by atoms with van der Waals surface area (Å²) in [5.74, 6) is 0.685. The van der Waals surface area contributed by atoms with Gasteiger partial charge in [0, 0.05) is 57.1 Å². The van der Waals surface area contributed by atoms with Gasteiger partial charge in [-0.05, 0) is 54.6 Å². The molecule has 0 saturated heterocycles. The number of hydrogen-bond donors (Lipinski definition) is 0. The third-order valence-electron chi connectivity index (χ3n) is 7.54. The van der Waals surface area contributed by atoms with E-state index in [0.29, 0.717) is 5.82 Å². The van der Waals surface area contributed by atoms with Crippen molar-refractivity contribution >= 4 is 32.7 Å². The minimum absolute atomic E-state index is 0.685. The van der Waals surface area contributed by atoms with Crippen molar-refractivity contribution in [2.24, 2.45) is 0 Å². The minimum Gasteiger partial charge on any atom is -0.309 e. The second kappa shape index (κ2) is 9.50. The first-order chi connectivity index (χ1) is 20.3. The first-order valence-electron chi connectivity index (χ1n) is 13.6. The van der Waals surface area contributed by atoms with E-state index in [1.807, 2.05) is 61.1 Å². The molecular formula is C36H23N5. The molecule has 0 N–H and O–H groups in total. The standard InChI is InChI=1S/C36H23N5/c1-2-11-27(12-3-1)41-33-17-16-25(22-29(33)30-23-37-20-18-34(30)41)35-28-13-4-5-15-32(28)39-36(40-35)26-10-8-9-24(21-26)31-14-6-7-19-38-31/h1-23H. The molecule has 8 aromatic rings. The highest BCUT2D eigenvalue weighted by Crippen LogP contribution is 2.36. The molecule has 4 aromatic heterocycles. The molecule has 5 nitrogen and oxygen atoms in total. The molecule has 8 rings (SSSR count). The van der Waals surface area contributed by atoms with Gasteiger partial charge in [0.1, 0.15) is 0 Å². The molecule has 41 heavy (non-hydrogen) atoms. The van der Waals surface area contributed by atoms with Crippen LogP contribution in [0, 0.1) is 0 Å². The summed E-state index contributed by atoms with van der Waals surface area (Å²) in [4.78, 5) is 19.1. The normalized spacial score (nSPS) is 11.4. The highest BCUT2D eigenvalue weighted by atomic mass is 15.0. The van der Waals surface area contributed by atoms with E-state index < -0.39 is 0 Å². The van der Waals surface area contributed by atoms with Crippen molar-refractivity contribution in [3.63, 3.8) is 0 Å². The molecule has 0 fully saturated rings. The molecular weight excluding hydrogens is 502 g/mol. The van der Waals surface area contributed by atoms with Crippen LogP contribution in [0.3, 0.4) is 0 Å². The van der Waals surface area contributed by atoms with Crippen molar-refractivity contribution in [2.75, 3.05) is 0 Å². The second-order valence-electron chi connectivity index (χ2n) is 10.0. The van der Waals surface area contributed by atoms with Gasteiger partial charge in [-0.15, -0.1) is 0 Å². The van der Waals surface area contributed by atoms with Gasteiger partial charge in [0.15, 0.2) is 5.82 Å². The molecule has 0 aliphatic heterocycles. The molecule has 0 aliphatic carbocycles. The molecule has 192 valence electrons. The minimum atomic E-state index is 0.685. The van der Waals surface area contributed by atoms with Gasteiger partial charge >= 0.3 is 0 Å². The van der Waals surface area contributed by atoms with Gasteiger partial charge in [0.2, 0.25) is 0 Å². The summed E-state index contributed by atoms with van der Waals surface area (Å²) in [6.07, 6.45) is 5.62. The van der Waals surface area contributed by atoms with E-state index in [9.17, 15) is 0 Å². The van der Waals surface area contributed by atoms with Gasteiger partial charge in [-0.25, -0.2) is 9.97 Å². The number of para-hydroxylation sites is 2. The van der Waals surface area contributed by atoms with Crippen LogP contribution >= 0.6 is 0 Å². The van der Waals surface area contributed by atoms with Gasteiger partial charge in [0.25, 0.3) is 0 Å². The van der Waals surface area contributed by atoms with Crippen LogP contribution < -0.4 is 0 Å². The lowest BCUT2D eigenvalue weighted by molar-refractivity contribution is 1.17. The molecule has 4 aromatic carbocycles. The molecule has 0 atom stereocenters. The molecule has 0 unspecified atom stereocenters. The van der Waals surface area contributed by atoms with Crippen LogP contribution in [0.1, 0.15) is 0 Å². The fourth-order valence-corrected chi connectivity index (χ4v) is 5.65. The lowest BCUT2D eigenvalue weighted by Gasteiger charge is -2.11. The number of benzene rings is 4. The summed E-state index contributed by atoms with van der Waals surface area (Å²) < 4.78 is 2.29. The van der Waals surface area contributed by atoms with E-state index in [-0.39, 0.29) is 0 Å². The highest BCUT2D eigenvalue weighted by molar-refractivity contribution is 6.10. The summed E-state index contributed by atoms with van der Waals surface area (Å²) in [7, 11) is 0. The van der Waals surface area contributed by atoms with E-state index in [1.165, 1.54) is 0 Å². The third kappa shape index (κ3) is 3.95. The van der Waals surface area contributed by atoms with E-state index in [0.717, 1.165) is 66.5 Å². The molecule has 0 bridgehead atoms. The molecule has 0 saturated carbocycles. The van der Waals surface area contributed by atoms with Crippen LogP contribution in [0.15, 0.2) is 140 Å². The van der Waals surface area contributed by atoms with Crippen molar-refractivity contribution in [1.29, 1.82) is 0 Å². The van der Waals surface area contributed by atoms with Crippen molar-refractivity contribution in [3.05, 3.63) is 140 Å². The maximum Gasteiger partial charge on any atom is 0.160 e. The van der Waals surface area contributed by atoms with Crippen molar-refractivity contribution in [2.45, 2.75) is 0 Å². The zero-order valence-corrected chi connectivity index (χ0v) is 22.0. The van der Waals surface area contributed by atoms with Crippen molar-refractivity contribution < 1.29 is 0 Å². The number of rotatable bonds is 4. The lowest BCUT2D eigenvalue weighted by Crippen LogP contribution is -1.96. The van der Waals surface area contributed by atoms with Gasteiger partial charge in [-0.2, -0.15) is 0 Å². The van der Waals surface area contributed by atoms with Crippen LogP contribution in [-0.2, 0) is 0 Å². The predicted molar refractivity (Wildman–Crippen MR) is 166 cm³/mol. The Balaban J connectivity index is 1.34. The Morgan fingerprint density at radius 2 is 1.34 bits per heavy atom. The number of aromatic nitrogens is 5. The fraction of sp³-hybridized carbons (Fsp3) is 0. The van der Waals surface area contributed by atoms with Crippen LogP contribution in [0.4, 0.5) is 0 Å². The average Bonchev–Trinajstić information content (AvgIpc) is 3.39. The Morgan fingerprint density at radius 3 is 2.24 bits per heavy atom. The molecule has 5 heteroatoms. The van der Waals surface area contributed by atoms with Crippen LogP contribution in [0.25, 0.3) is 72.3 Å². The van der Waals surface area contributed by atoms with E-state index in [4.69, 9.17) is 9.97 Å². The number of pyridine rings is 2. The predicted octanol–water partition coefficient (Wildman–Crippen LogP) is 8.52. The molecule has 0 spiro atoms.